The molecule has 19 heavy (non-hydrogen) atoms. The summed E-state index contributed by atoms with van der Waals surface area (Å²) in [5.41, 5.74) is 4.08. The van der Waals surface area contributed by atoms with Gasteiger partial charge in [-0.1, -0.05) is 6.07 Å². The van der Waals surface area contributed by atoms with Gasteiger partial charge in [-0.05, 0) is 43.2 Å². The van der Waals surface area contributed by atoms with E-state index >= 15 is 0 Å². The topological polar surface area (TPSA) is 46.9 Å². The number of benzene rings is 1. The Kier molecular flexibility index (Phi) is 3.80. The highest BCUT2D eigenvalue weighted by Gasteiger charge is 2.00. The van der Waals surface area contributed by atoms with E-state index in [4.69, 9.17) is 0 Å². The zero-order chi connectivity index (χ0) is 13.8. The SMILES string of the molecule is Cc1ccc(NC(=O)/C=C/c2cnn(C)c2)cc1C. The Morgan fingerprint density at radius 3 is 2.74 bits per heavy atom. The van der Waals surface area contributed by atoms with Crippen molar-refractivity contribution in [3.63, 3.8) is 0 Å². The lowest BCUT2D eigenvalue weighted by Crippen LogP contribution is -2.07. The Balaban J connectivity index is 2.01. The number of nitrogens with one attached hydrogen (secondary N) is 1. The number of amides is 1. The molecule has 0 aliphatic carbocycles. The number of hydrogen-bond donors (Lipinski definition) is 1. The van der Waals surface area contributed by atoms with Gasteiger partial charge in [0.05, 0.1) is 6.20 Å². The molecule has 0 saturated heterocycles. The minimum atomic E-state index is -0.146. The molecular weight excluding hydrogens is 238 g/mol. The van der Waals surface area contributed by atoms with Crippen LogP contribution in [-0.4, -0.2) is 15.7 Å². The molecule has 0 aliphatic rings. The molecule has 0 bridgehead atoms. The second-order valence-electron chi connectivity index (χ2n) is 4.57. The molecule has 0 unspecified atom stereocenters. The molecule has 0 atom stereocenters. The fourth-order valence-electron chi connectivity index (χ4n) is 1.70. The van der Waals surface area contributed by atoms with E-state index in [1.54, 1.807) is 17.0 Å². The van der Waals surface area contributed by atoms with Gasteiger partial charge in [0.1, 0.15) is 0 Å². The Labute approximate surface area is 112 Å². The van der Waals surface area contributed by atoms with Gasteiger partial charge in [-0.15, -0.1) is 0 Å². The van der Waals surface area contributed by atoms with E-state index in [1.165, 1.54) is 11.6 Å². The number of hydrogen-bond acceptors (Lipinski definition) is 2. The van der Waals surface area contributed by atoms with E-state index in [-0.39, 0.29) is 5.91 Å². The summed E-state index contributed by atoms with van der Waals surface area (Å²) in [5, 5.41) is 6.87. The number of aromatic nitrogens is 2. The maximum Gasteiger partial charge on any atom is 0.248 e. The third-order valence-electron chi connectivity index (χ3n) is 2.93. The van der Waals surface area contributed by atoms with Gasteiger partial charge >= 0.3 is 0 Å². The van der Waals surface area contributed by atoms with Gasteiger partial charge in [0, 0.05) is 30.6 Å². The molecule has 0 radical (unpaired) electrons. The summed E-state index contributed by atoms with van der Waals surface area (Å²) in [6.07, 6.45) is 6.80. The first kappa shape index (κ1) is 13.1. The molecule has 1 aromatic carbocycles. The van der Waals surface area contributed by atoms with Crippen molar-refractivity contribution in [3.8, 4) is 0 Å². The Morgan fingerprint density at radius 1 is 1.32 bits per heavy atom. The lowest BCUT2D eigenvalue weighted by molar-refractivity contribution is -0.111. The molecule has 0 aliphatic heterocycles. The van der Waals surface area contributed by atoms with E-state index in [2.05, 4.69) is 10.4 Å². The zero-order valence-electron chi connectivity index (χ0n) is 11.3. The summed E-state index contributed by atoms with van der Waals surface area (Å²) in [6, 6.07) is 5.86. The molecule has 4 nitrogen and oxygen atoms in total. The lowest BCUT2D eigenvalue weighted by atomic mass is 10.1. The molecular formula is C15H17N3O. The molecule has 2 rings (SSSR count). The van der Waals surface area contributed by atoms with Crippen molar-refractivity contribution in [1.82, 2.24) is 9.78 Å². The van der Waals surface area contributed by atoms with Gasteiger partial charge in [-0.3, -0.25) is 9.48 Å². The highest BCUT2D eigenvalue weighted by Crippen LogP contribution is 2.14. The van der Waals surface area contributed by atoms with Crippen molar-refractivity contribution in [2.24, 2.45) is 7.05 Å². The smallest absolute Gasteiger partial charge is 0.248 e. The highest BCUT2D eigenvalue weighted by atomic mass is 16.1. The molecule has 0 fully saturated rings. The van der Waals surface area contributed by atoms with Crippen LogP contribution in [0.15, 0.2) is 36.7 Å². The van der Waals surface area contributed by atoms with Gasteiger partial charge < -0.3 is 5.32 Å². The van der Waals surface area contributed by atoms with Crippen molar-refractivity contribution in [2.45, 2.75) is 13.8 Å². The molecule has 0 saturated carbocycles. The molecule has 2 aromatic rings. The number of nitrogens with zero attached hydrogens (tertiary/aromatic N) is 2. The maximum atomic E-state index is 11.8. The molecule has 0 spiro atoms. The van der Waals surface area contributed by atoms with Crippen molar-refractivity contribution < 1.29 is 4.79 Å². The van der Waals surface area contributed by atoms with Crippen LogP contribution in [0, 0.1) is 13.8 Å². The minimum absolute atomic E-state index is 0.146. The van der Waals surface area contributed by atoms with Crippen LogP contribution in [0.25, 0.3) is 6.08 Å². The van der Waals surface area contributed by atoms with E-state index in [0.717, 1.165) is 16.8 Å². The molecule has 1 heterocycles. The lowest BCUT2D eigenvalue weighted by Gasteiger charge is -2.05. The normalized spacial score (nSPS) is 10.9. The first-order chi connectivity index (χ1) is 9.04. The molecule has 1 amide bonds. The summed E-state index contributed by atoms with van der Waals surface area (Å²) in [5.74, 6) is -0.146. The second-order valence-corrected chi connectivity index (χ2v) is 4.57. The third kappa shape index (κ3) is 3.55. The van der Waals surface area contributed by atoms with Gasteiger partial charge in [-0.25, -0.2) is 0 Å². The fourth-order valence-corrected chi connectivity index (χ4v) is 1.70. The maximum absolute atomic E-state index is 11.8. The largest absolute Gasteiger partial charge is 0.323 e. The van der Waals surface area contributed by atoms with Crippen LogP contribution in [0.4, 0.5) is 5.69 Å². The van der Waals surface area contributed by atoms with Crippen LogP contribution in [0.3, 0.4) is 0 Å². The van der Waals surface area contributed by atoms with Crippen LogP contribution in [-0.2, 0) is 11.8 Å². The number of anilines is 1. The van der Waals surface area contributed by atoms with E-state index in [9.17, 15) is 4.79 Å². The molecule has 1 aromatic heterocycles. The van der Waals surface area contributed by atoms with E-state index in [0.29, 0.717) is 0 Å². The van der Waals surface area contributed by atoms with Crippen LogP contribution in [0.1, 0.15) is 16.7 Å². The summed E-state index contributed by atoms with van der Waals surface area (Å²) in [6.45, 7) is 4.07. The number of rotatable bonds is 3. The Morgan fingerprint density at radius 2 is 2.11 bits per heavy atom. The van der Waals surface area contributed by atoms with Crippen molar-refractivity contribution >= 4 is 17.7 Å². The van der Waals surface area contributed by atoms with E-state index in [1.807, 2.05) is 45.3 Å². The van der Waals surface area contributed by atoms with Crippen LogP contribution >= 0.6 is 0 Å². The zero-order valence-corrected chi connectivity index (χ0v) is 11.3. The monoisotopic (exact) mass is 255 g/mol. The van der Waals surface area contributed by atoms with Gasteiger partial charge in [0.25, 0.3) is 0 Å². The predicted octanol–water partition coefficient (Wildman–Crippen LogP) is 2.69. The summed E-state index contributed by atoms with van der Waals surface area (Å²) in [4.78, 5) is 11.8. The molecule has 1 N–H and O–H groups in total. The number of carbonyl (C=O) groups is 1. The van der Waals surface area contributed by atoms with Crippen LogP contribution < -0.4 is 5.32 Å². The minimum Gasteiger partial charge on any atom is -0.323 e. The summed E-state index contributed by atoms with van der Waals surface area (Å²) >= 11 is 0. The van der Waals surface area contributed by atoms with Crippen molar-refractivity contribution in [1.29, 1.82) is 0 Å². The average molecular weight is 255 g/mol. The Bertz CT molecular complexity index is 626. The average Bonchev–Trinajstić information content (AvgIpc) is 2.77. The molecule has 4 heteroatoms. The van der Waals surface area contributed by atoms with Crippen molar-refractivity contribution in [3.05, 3.63) is 53.4 Å². The number of carbonyl (C=O) groups excluding carboxylic acids is 1. The van der Waals surface area contributed by atoms with Gasteiger partial charge in [-0.2, -0.15) is 5.10 Å². The first-order valence-corrected chi connectivity index (χ1v) is 6.09. The first-order valence-electron chi connectivity index (χ1n) is 6.09. The predicted molar refractivity (Wildman–Crippen MR) is 76.8 cm³/mol. The van der Waals surface area contributed by atoms with Crippen LogP contribution in [0.5, 0.6) is 0 Å². The highest BCUT2D eigenvalue weighted by molar-refractivity contribution is 6.01. The Hall–Kier alpha value is -2.36. The quantitative estimate of drug-likeness (QED) is 0.857. The third-order valence-corrected chi connectivity index (χ3v) is 2.93. The van der Waals surface area contributed by atoms with E-state index < -0.39 is 0 Å². The van der Waals surface area contributed by atoms with Crippen molar-refractivity contribution in [2.75, 3.05) is 5.32 Å². The number of aryl methyl sites for hydroxylation is 3. The molecule has 98 valence electrons. The van der Waals surface area contributed by atoms with Gasteiger partial charge in [0.2, 0.25) is 5.91 Å². The summed E-state index contributed by atoms with van der Waals surface area (Å²) < 4.78 is 1.70. The van der Waals surface area contributed by atoms with Crippen LogP contribution in [0.2, 0.25) is 0 Å². The summed E-state index contributed by atoms with van der Waals surface area (Å²) in [7, 11) is 1.84. The second kappa shape index (κ2) is 5.52. The standard InChI is InChI=1S/C15H17N3O/c1-11-4-6-14(8-12(11)2)17-15(19)7-5-13-9-16-18(3)10-13/h4-10H,1-3H3,(H,17,19)/b7-5+. The fraction of sp³-hybridized carbons (Fsp3) is 0.200. The van der Waals surface area contributed by atoms with Gasteiger partial charge in [0.15, 0.2) is 0 Å².